The number of unbranched alkanes of at least 4 members (excludes halogenated alkanes) is 1. The first-order chi connectivity index (χ1) is 9.65. The molecular weight excluding hydrogens is 361 g/mol. The summed E-state index contributed by atoms with van der Waals surface area (Å²) in [5.74, 6) is 0. The average molecular weight is 390 g/mol. The van der Waals surface area contributed by atoms with Gasteiger partial charge in [0.1, 0.15) is 0 Å². The van der Waals surface area contributed by atoms with Crippen molar-refractivity contribution < 1.29 is 21.7 Å². The Bertz CT molecular complexity index is 494. The van der Waals surface area contributed by atoms with E-state index in [0.29, 0.717) is 6.54 Å². The van der Waals surface area contributed by atoms with E-state index >= 15 is 0 Å². The van der Waals surface area contributed by atoms with Crippen LogP contribution < -0.4 is 0 Å². The molecule has 0 aliphatic heterocycles. The van der Waals surface area contributed by atoms with Crippen molar-refractivity contribution in [3.63, 3.8) is 0 Å². The summed E-state index contributed by atoms with van der Waals surface area (Å²) < 4.78 is 0. The molecule has 1 aromatic rings. The second-order valence-electron chi connectivity index (χ2n) is 5.17. The van der Waals surface area contributed by atoms with Crippen LogP contribution in [-0.4, -0.2) is 6.54 Å². The molecule has 0 atom stereocenters. The molecule has 2 rings (SSSR count). The van der Waals surface area contributed by atoms with Crippen LogP contribution in [0.1, 0.15) is 58.1 Å². The van der Waals surface area contributed by atoms with Crippen LogP contribution in [0.3, 0.4) is 0 Å². The molecule has 0 amide bonds. The molecule has 1 N–H and O–H groups in total. The van der Waals surface area contributed by atoms with Crippen molar-refractivity contribution in [2.75, 3.05) is 6.54 Å². The Morgan fingerprint density at radius 1 is 1.13 bits per heavy atom. The van der Waals surface area contributed by atoms with Crippen molar-refractivity contribution in [3.05, 3.63) is 64.8 Å². The van der Waals surface area contributed by atoms with E-state index in [-0.39, 0.29) is 46.5 Å². The van der Waals surface area contributed by atoms with Gasteiger partial charge in [-0.1, -0.05) is 55.6 Å². The Morgan fingerprint density at radius 2 is 1.74 bits per heavy atom. The standard InChI is InChI=1S/C15H17.C4H10N.2ClH.Ti/c1-4-13-7-5-6-8-15(13)14-10-9-11(2)12(14)3;1-2-3-4-5;;;/h4-9H,10H2,1-3H3;5H,2-4H2,1H3;2*1H;/q2*-1;;;+2. The van der Waals surface area contributed by atoms with Crippen LogP contribution in [0.25, 0.3) is 11.3 Å². The molecule has 4 heteroatoms. The van der Waals surface area contributed by atoms with E-state index in [1.54, 1.807) is 0 Å². The van der Waals surface area contributed by atoms with Crippen molar-refractivity contribution in [3.8, 4) is 0 Å². The third-order valence-electron chi connectivity index (χ3n) is 3.78. The minimum absolute atomic E-state index is 0. The number of hydrogen-bond acceptors (Lipinski definition) is 0. The van der Waals surface area contributed by atoms with Crippen LogP contribution in [-0.2, 0) is 21.7 Å². The van der Waals surface area contributed by atoms with Crippen LogP contribution in [0, 0.1) is 6.42 Å². The number of halogens is 2. The molecule has 0 saturated carbocycles. The number of allylic oxidation sites excluding steroid dienone is 4. The second kappa shape index (κ2) is 15.4. The Balaban J connectivity index is -0.000000444. The van der Waals surface area contributed by atoms with Gasteiger partial charge in [0.25, 0.3) is 0 Å². The fourth-order valence-corrected chi connectivity index (χ4v) is 2.31. The number of rotatable bonds is 4. The summed E-state index contributed by atoms with van der Waals surface area (Å²) in [5.41, 5.74) is 13.7. The van der Waals surface area contributed by atoms with Gasteiger partial charge in [-0.3, -0.25) is 0 Å². The monoisotopic (exact) mass is 389 g/mol. The quantitative estimate of drug-likeness (QED) is 0.388. The molecule has 0 aromatic heterocycles. The van der Waals surface area contributed by atoms with E-state index in [1.165, 1.54) is 27.8 Å². The maximum absolute atomic E-state index is 6.60. The molecule has 1 aromatic carbocycles. The van der Waals surface area contributed by atoms with Gasteiger partial charge < -0.3 is 5.73 Å². The molecule has 128 valence electrons. The van der Waals surface area contributed by atoms with E-state index in [4.69, 9.17) is 5.73 Å². The Morgan fingerprint density at radius 3 is 2.13 bits per heavy atom. The molecule has 0 radical (unpaired) electrons. The largest absolute Gasteiger partial charge is 2.00 e. The van der Waals surface area contributed by atoms with E-state index in [1.807, 2.05) is 0 Å². The summed E-state index contributed by atoms with van der Waals surface area (Å²) >= 11 is 0. The third-order valence-corrected chi connectivity index (χ3v) is 3.78. The van der Waals surface area contributed by atoms with Crippen molar-refractivity contribution >= 4 is 30.4 Å². The zero-order chi connectivity index (χ0) is 15.0. The zero-order valence-corrected chi connectivity index (χ0v) is 17.8. The fourth-order valence-electron chi connectivity index (χ4n) is 2.31. The fraction of sp³-hybridized carbons (Fsp3) is 0.421. The van der Waals surface area contributed by atoms with E-state index in [9.17, 15) is 0 Å². The van der Waals surface area contributed by atoms with Crippen molar-refractivity contribution in [2.24, 2.45) is 0 Å². The van der Waals surface area contributed by atoms with Gasteiger partial charge >= 0.3 is 21.7 Å². The average Bonchev–Trinajstić information content (AvgIpc) is 2.80. The van der Waals surface area contributed by atoms with Gasteiger partial charge in [0.15, 0.2) is 0 Å². The maximum atomic E-state index is 6.60. The number of nitrogens with one attached hydrogen (secondary N) is 1. The molecule has 0 saturated heterocycles. The van der Waals surface area contributed by atoms with Gasteiger partial charge in [-0.2, -0.15) is 24.6 Å². The van der Waals surface area contributed by atoms with E-state index < -0.39 is 0 Å². The smallest absolute Gasteiger partial charge is 0.677 e. The van der Waals surface area contributed by atoms with Gasteiger partial charge in [-0.05, 0) is 20.3 Å². The predicted octanol–water partition coefficient (Wildman–Crippen LogP) is 7.06. The summed E-state index contributed by atoms with van der Waals surface area (Å²) in [6.07, 6.45) is 7.80. The summed E-state index contributed by atoms with van der Waals surface area (Å²) in [4.78, 5) is 0. The first-order valence-electron chi connectivity index (χ1n) is 7.55. The summed E-state index contributed by atoms with van der Waals surface area (Å²) in [7, 11) is 0. The summed E-state index contributed by atoms with van der Waals surface area (Å²) in [5, 5.41) is 0. The van der Waals surface area contributed by atoms with Crippen LogP contribution >= 0.6 is 24.8 Å². The number of benzene rings is 1. The molecule has 0 heterocycles. The molecule has 1 aliphatic carbocycles. The molecule has 0 fully saturated rings. The Kier molecular flexibility index (Phi) is 18.5. The Hall–Kier alpha value is -0.176. The molecular formula is C19H29Cl2NTi. The minimum atomic E-state index is 0. The minimum Gasteiger partial charge on any atom is -0.677 e. The molecule has 0 spiro atoms. The van der Waals surface area contributed by atoms with E-state index in [0.717, 1.165) is 19.3 Å². The molecule has 1 nitrogen and oxygen atoms in total. The molecule has 0 bridgehead atoms. The summed E-state index contributed by atoms with van der Waals surface area (Å²) in [6.45, 7) is 9.20. The first-order valence-corrected chi connectivity index (χ1v) is 7.55. The summed E-state index contributed by atoms with van der Waals surface area (Å²) in [6, 6.07) is 8.63. The van der Waals surface area contributed by atoms with Gasteiger partial charge in [-0.15, -0.1) is 42.5 Å². The SMILES string of the molecule is CCCC[NH-].C[CH-]c1ccccc1C1=C(C)C(C)=CC1.Cl.Cl.[Ti+2]. The second-order valence-corrected chi connectivity index (χ2v) is 5.17. The zero-order valence-electron chi connectivity index (χ0n) is 14.6. The maximum Gasteiger partial charge on any atom is 2.00 e. The first kappa shape index (κ1) is 27.7. The van der Waals surface area contributed by atoms with E-state index in [2.05, 4.69) is 64.5 Å². The van der Waals surface area contributed by atoms with Gasteiger partial charge in [0, 0.05) is 0 Å². The molecule has 0 unspecified atom stereocenters. The van der Waals surface area contributed by atoms with Gasteiger partial charge in [0.2, 0.25) is 0 Å². The topological polar surface area (TPSA) is 23.8 Å². The van der Waals surface area contributed by atoms with Crippen LogP contribution in [0.2, 0.25) is 0 Å². The number of hydrogen-bond donors (Lipinski definition) is 0. The van der Waals surface area contributed by atoms with Gasteiger partial charge in [0.05, 0.1) is 0 Å². The van der Waals surface area contributed by atoms with Crippen LogP contribution in [0.5, 0.6) is 0 Å². The van der Waals surface area contributed by atoms with Crippen LogP contribution in [0.15, 0.2) is 41.5 Å². The van der Waals surface area contributed by atoms with Crippen LogP contribution in [0.4, 0.5) is 0 Å². The normalized spacial score (nSPS) is 12.0. The van der Waals surface area contributed by atoms with Crippen molar-refractivity contribution in [2.45, 2.75) is 47.0 Å². The molecule has 1 aliphatic rings. The van der Waals surface area contributed by atoms with Crippen molar-refractivity contribution in [1.82, 2.24) is 0 Å². The van der Waals surface area contributed by atoms with Crippen molar-refractivity contribution in [1.29, 1.82) is 0 Å². The third kappa shape index (κ3) is 8.47. The van der Waals surface area contributed by atoms with Gasteiger partial charge in [-0.25, -0.2) is 0 Å². The molecule has 23 heavy (non-hydrogen) atoms. The predicted molar refractivity (Wildman–Crippen MR) is 105 cm³/mol. The Labute approximate surface area is 169 Å².